The topological polar surface area (TPSA) is 50.7 Å². The predicted octanol–water partition coefficient (Wildman–Crippen LogP) is 4.38. The van der Waals surface area contributed by atoms with Gasteiger partial charge in [0.05, 0.1) is 10.9 Å². The molecule has 0 fully saturated rings. The molecule has 0 aliphatic rings. The normalized spacial score (nSPS) is 11.1. The van der Waals surface area contributed by atoms with Gasteiger partial charge in [-0.05, 0) is 54.4 Å². The van der Waals surface area contributed by atoms with Crippen molar-refractivity contribution in [1.29, 1.82) is 0 Å². The minimum atomic E-state index is -0.103. The molecule has 0 atom stereocenters. The largest absolute Gasteiger partial charge is 0.324 e. The van der Waals surface area contributed by atoms with Gasteiger partial charge in [-0.2, -0.15) is 0 Å². The third-order valence-electron chi connectivity index (χ3n) is 4.22. The number of H-pyrrole nitrogens is 1. The minimum absolute atomic E-state index is 0.103. The van der Waals surface area contributed by atoms with Gasteiger partial charge in [0.15, 0.2) is 0 Å². The quantitative estimate of drug-likeness (QED) is 0.561. The van der Waals surface area contributed by atoms with Crippen molar-refractivity contribution < 1.29 is 0 Å². The molecule has 0 radical (unpaired) electrons. The summed E-state index contributed by atoms with van der Waals surface area (Å²) in [6, 6.07) is 16.0. The SMILES string of the molecule is Cc1cc(Br)cc2c(=O)[nH]c(Cc3ccc(-n4cccc4)cc3)nc12. The van der Waals surface area contributed by atoms with Gasteiger partial charge in [0.25, 0.3) is 5.56 Å². The van der Waals surface area contributed by atoms with Crippen LogP contribution in [0.4, 0.5) is 0 Å². The summed E-state index contributed by atoms with van der Waals surface area (Å²) in [4.78, 5) is 19.9. The zero-order valence-corrected chi connectivity index (χ0v) is 15.2. The molecule has 2 aromatic carbocycles. The maximum atomic E-state index is 12.4. The van der Waals surface area contributed by atoms with Crippen LogP contribution in [0.3, 0.4) is 0 Å². The van der Waals surface area contributed by atoms with Gasteiger partial charge >= 0.3 is 0 Å². The molecule has 124 valence electrons. The first-order valence-electron chi connectivity index (χ1n) is 8.01. The van der Waals surface area contributed by atoms with Gasteiger partial charge in [-0.25, -0.2) is 4.98 Å². The summed E-state index contributed by atoms with van der Waals surface area (Å²) in [7, 11) is 0. The van der Waals surface area contributed by atoms with Crippen LogP contribution in [0.2, 0.25) is 0 Å². The summed E-state index contributed by atoms with van der Waals surface area (Å²) in [6.07, 6.45) is 4.61. The minimum Gasteiger partial charge on any atom is -0.324 e. The fraction of sp³-hybridized carbons (Fsp3) is 0.100. The molecule has 2 aromatic heterocycles. The molecule has 0 aliphatic heterocycles. The molecule has 0 aliphatic carbocycles. The number of aryl methyl sites for hydroxylation is 1. The highest BCUT2D eigenvalue weighted by atomic mass is 79.9. The first kappa shape index (κ1) is 15.8. The van der Waals surface area contributed by atoms with Gasteiger partial charge < -0.3 is 9.55 Å². The number of benzene rings is 2. The van der Waals surface area contributed by atoms with Crippen molar-refractivity contribution >= 4 is 26.8 Å². The summed E-state index contributed by atoms with van der Waals surface area (Å²) >= 11 is 3.43. The average molecular weight is 394 g/mol. The van der Waals surface area contributed by atoms with E-state index in [1.54, 1.807) is 0 Å². The highest BCUT2D eigenvalue weighted by Crippen LogP contribution is 2.20. The molecule has 25 heavy (non-hydrogen) atoms. The van der Waals surface area contributed by atoms with E-state index >= 15 is 0 Å². The summed E-state index contributed by atoms with van der Waals surface area (Å²) in [5, 5.41) is 0.610. The molecular weight excluding hydrogens is 378 g/mol. The maximum Gasteiger partial charge on any atom is 0.258 e. The summed E-state index contributed by atoms with van der Waals surface area (Å²) in [5.74, 6) is 0.677. The van der Waals surface area contributed by atoms with E-state index < -0.39 is 0 Å². The van der Waals surface area contributed by atoms with Crippen molar-refractivity contribution in [2.45, 2.75) is 13.3 Å². The third-order valence-corrected chi connectivity index (χ3v) is 4.68. The van der Waals surface area contributed by atoms with Crippen LogP contribution in [0.25, 0.3) is 16.6 Å². The Morgan fingerprint density at radius 3 is 2.56 bits per heavy atom. The molecule has 2 heterocycles. The molecule has 0 spiro atoms. The van der Waals surface area contributed by atoms with E-state index in [-0.39, 0.29) is 5.56 Å². The van der Waals surface area contributed by atoms with Gasteiger partial charge in [-0.1, -0.05) is 28.1 Å². The number of nitrogens with zero attached hydrogens (tertiary/aromatic N) is 2. The molecule has 0 amide bonds. The number of nitrogens with one attached hydrogen (secondary N) is 1. The molecule has 0 saturated heterocycles. The van der Waals surface area contributed by atoms with Crippen molar-refractivity contribution in [3.63, 3.8) is 0 Å². The third kappa shape index (κ3) is 3.15. The molecule has 0 saturated carbocycles. The summed E-state index contributed by atoms with van der Waals surface area (Å²) in [6.45, 7) is 1.97. The molecule has 4 nitrogen and oxygen atoms in total. The fourth-order valence-corrected chi connectivity index (χ4v) is 3.56. The zero-order valence-electron chi connectivity index (χ0n) is 13.7. The first-order chi connectivity index (χ1) is 12.1. The van der Waals surface area contributed by atoms with Crippen molar-refractivity contribution in [2.24, 2.45) is 0 Å². The van der Waals surface area contributed by atoms with Crippen LogP contribution in [0.15, 0.2) is 70.2 Å². The van der Waals surface area contributed by atoms with Crippen LogP contribution in [0.1, 0.15) is 17.0 Å². The van der Waals surface area contributed by atoms with Crippen LogP contribution in [0.5, 0.6) is 0 Å². The Morgan fingerprint density at radius 1 is 1.12 bits per heavy atom. The van der Waals surface area contributed by atoms with E-state index in [1.807, 2.05) is 43.6 Å². The van der Waals surface area contributed by atoms with Gasteiger partial charge in [0, 0.05) is 29.0 Å². The summed E-state index contributed by atoms with van der Waals surface area (Å²) in [5.41, 5.74) is 3.85. The molecule has 5 heteroatoms. The highest BCUT2D eigenvalue weighted by Gasteiger charge is 2.08. The predicted molar refractivity (Wildman–Crippen MR) is 103 cm³/mol. The zero-order chi connectivity index (χ0) is 17.4. The number of hydrogen-bond acceptors (Lipinski definition) is 2. The van der Waals surface area contributed by atoms with E-state index in [0.717, 1.165) is 26.8 Å². The average Bonchev–Trinajstić information content (AvgIpc) is 3.11. The van der Waals surface area contributed by atoms with E-state index in [1.165, 1.54) is 0 Å². The van der Waals surface area contributed by atoms with Crippen molar-refractivity contribution in [1.82, 2.24) is 14.5 Å². The van der Waals surface area contributed by atoms with Crippen molar-refractivity contribution in [3.8, 4) is 5.69 Å². The Hall–Kier alpha value is -2.66. The van der Waals surface area contributed by atoms with Crippen LogP contribution in [0, 0.1) is 6.92 Å². The Balaban J connectivity index is 1.68. The number of aromatic nitrogens is 3. The van der Waals surface area contributed by atoms with Crippen LogP contribution in [-0.4, -0.2) is 14.5 Å². The second-order valence-corrected chi connectivity index (χ2v) is 6.98. The van der Waals surface area contributed by atoms with Crippen molar-refractivity contribution in [2.75, 3.05) is 0 Å². The standard InChI is InChI=1S/C20H16BrN3O/c1-13-10-15(21)12-17-19(13)22-18(23-20(17)25)11-14-4-6-16(7-5-14)24-8-2-3-9-24/h2-10,12H,11H2,1H3,(H,22,23,25). The van der Waals surface area contributed by atoms with E-state index in [9.17, 15) is 4.79 Å². The second-order valence-electron chi connectivity index (χ2n) is 6.07. The van der Waals surface area contributed by atoms with Gasteiger partial charge in [0.2, 0.25) is 0 Å². The number of hydrogen-bond donors (Lipinski definition) is 1. The summed E-state index contributed by atoms with van der Waals surface area (Å²) < 4.78 is 2.94. The molecule has 0 unspecified atom stereocenters. The van der Waals surface area contributed by atoms with Crippen LogP contribution >= 0.6 is 15.9 Å². The Kier molecular flexibility index (Phi) is 4.01. The lowest BCUT2D eigenvalue weighted by atomic mass is 10.1. The molecule has 4 aromatic rings. The highest BCUT2D eigenvalue weighted by molar-refractivity contribution is 9.10. The van der Waals surface area contributed by atoms with E-state index in [0.29, 0.717) is 17.6 Å². The number of rotatable bonds is 3. The molecular formula is C20H16BrN3O. The lowest BCUT2D eigenvalue weighted by molar-refractivity contribution is 0.968. The van der Waals surface area contributed by atoms with E-state index in [2.05, 4.69) is 54.7 Å². The second kappa shape index (κ2) is 6.33. The van der Waals surface area contributed by atoms with Crippen LogP contribution < -0.4 is 5.56 Å². The van der Waals surface area contributed by atoms with E-state index in [4.69, 9.17) is 0 Å². The lowest BCUT2D eigenvalue weighted by Gasteiger charge is -2.07. The monoisotopic (exact) mass is 393 g/mol. The maximum absolute atomic E-state index is 12.4. The Labute approximate surface area is 153 Å². The Morgan fingerprint density at radius 2 is 1.84 bits per heavy atom. The molecule has 4 rings (SSSR count). The smallest absolute Gasteiger partial charge is 0.258 e. The molecule has 0 bridgehead atoms. The molecule has 1 N–H and O–H groups in total. The Bertz CT molecular complexity index is 1100. The number of fused-ring (bicyclic) bond motifs is 1. The van der Waals surface area contributed by atoms with Crippen LogP contribution in [-0.2, 0) is 6.42 Å². The number of halogens is 1. The van der Waals surface area contributed by atoms with Gasteiger partial charge in [0.1, 0.15) is 5.82 Å². The lowest BCUT2D eigenvalue weighted by Crippen LogP contribution is -2.13. The number of aromatic amines is 1. The van der Waals surface area contributed by atoms with Gasteiger partial charge in [-0.3, -0.25) is 4.79 Å². The van der Waals surface area contributed by atoms with Crippen molar-refractivity contribution in [3.05, 3.63) is 92.7 Å². The van der Waals surface area contributed by atoms with Gasteiger partial charge in [-0.15, -0.1) is 0 Å². The first-order valence-corrected chi connectivity index (χ1v) is 8.81. The fourth-order valence-electron chi connectivity index (χ4n) is 2.99.